The molecule has 0 saturated carbocycles. The summed E-state index contributed by atoms with van der Waals surface area (Å²) < 4.78 is 10.8. The van der Waals surface area contributed by atoms with Crippen LogP contribution in [0.3, 0.4) is 0 Å². The molecule has 5 heteroatoms. The van der Waals surface area contributed by atoms with Gasteiger partial charge < -0.3 is 19.5 Å². The first-order chi connectivity index (χ1) is 9.24. The van der Waals surface area contributed by atoms with Crippen LogP contribution in [-0.4, -0.2) is 50.7 Å². The second-order valence-electron chi connectivity index (χ2n) is 4.86. The highest BCUT2D eigenvalue weighted by Crippen LogP contribution is 2.10. The molecule has 4 nitrogen and oxygen atoms in total. The van der Waals surface area contributed by atoms with Gasteiger partial charge in [0.1, 0.15) is 25.7 Å². The van der Waals surface area contributed by atoms with Crippen molar-refractivity contribution in [2.24, 2.45) is 0 Å². The number of morpholine rings is 1. The molecule has 2 rings (SSSR count). The average Bonchev–Trinajstić information content (AvgIpc) is 2.42. The number of benzene rings is 1. The Morgan fingerprint density at radius 1 is 1.26 bits per heavy atom. The van der Waals surface area contributed by atoms with Gasteiger partial charge in [-0.2, -0.15) is 0 Å². The number of hydrogen-bond donors (Lipinski definition) is 2. The topological polar surface area (TPSA) is 43.1 Å². The maximum atomic E-state index is 9.92. The SMILES string of the molecule is OC(COCc1ccc(Cl)cc1)C[NH+]1CCOCC1. The third kappa shape index (κ3) is 5.47. The lowest BCUT2D eigenvalue weighted by atomic mass is 10.2. The number of rotatable bonds is 6. The summed E-state index contributed by atoms with van der Waals surface area (Å²) in [4.78, 5) is 1.38. The molecule has 0 aromatic heterocycles. The van der Waals surface area contributed by atoms with Gasteiger partial charge in [-0.25, -0.2) is 0 Å². The van der Waals surface area contributed by atoms with Crippen LogP contribution in [0.15, 0.2) is 24.3 Å². The first-order valence-electron chi connectivity index (χ1n) is 6.65. The predicted octanol–water partition coefficient (Wildman–Crippen LogP) is 0.133. The van der Waals surface area contributed by atoms with Crippen LogP contribution in [0.1, 0.15) is 5.56 Å². The van der Waals surface area contributed by atoms with Crippen LogP contribution in [-0.2, 0) is 16.1 Å². The maximum absolute atomic E-state index is 9.92. The number of quaternary nitrogens is 1. The molecule has 1 unspecified atom stereocenters. The first kappa shape index (κ1) is 14.8. The van der Waals surface area contributed by atoms with Crippen molar-refractivity contribution in [1.82, 2.24) is 0 Å². The number of aliphatic hydroxyl groups excluding tert-OH is 1. The van der Waals surface area contributed by atoms with Crippen LogP contribution in [0.5, 0.6) is 0 Å². The summed E-state index contributed by atoms with van der Waals surface area (Å²) in [5.74, 6) is 0. The lowest BCUT2D eigenvalue weighted by Gasteiger charge is -2.25. The largest absolute Gasteiger partial charge is 0.385 e. The standard InChI is InChI=1S/C14H20ClNO3/c15-13-3-1-12(2-4-13)10-19-11-14(17)9-16-5-7-18-8-6-16/h1-4,14,17H,5-11H2/p+1. The van der Waals surface area contributed by atoms with Crippen molar-refractivity contribution in [2.75, 3.05) is 39.5 Å². The minimum absolute atomic E-state index is 0.368. The van der Waals surface area contributed by atoms with Gasteiger partial charge in [-0.15, -0.1) is 0 Å². The third-order valence-electron chi connectivity index (χ3n) is 3.22. The van der Waals surface area contributed by atoms with E-state index < -0.39 is 6.10 Å². The Bertz CT molecular complexity index is 365. The summed E-state index contributed by atoms with van der Waals surface area (Å²) in [6.07, 6.45) is -0.416. The van der Waals surface area contributed by atoms with Crippen LogP contribution >= 0.6 is 11.6 Å². The highest BCUT2D eigenvalue weighted by atomic mass is 35.5. The van der Waals surface area contributed by atoms with Crippen molar-refractivity contribution in [2.45, 2.75) is 12.7 Å². The predicted molar refractivity (Wildman–Crippen MR) is 73.5 cm³/mol. The molecule has 2 N–H and O–H groups in total. The maximum Gasteiger partial charge on any atom is 0.126 e. The second-order valence-corrected chi connectivity index (χ2v) is 5.30. The summed E-state index contributed by atoms with van der Waals surface area (Å²) in [6, 6.07) is 7.55. The molecule has 1 fully saturated rings. The van der Waals surface area contributed by atoms with Crippen LogP contribution in [0, 0.1) is 0 Å². The quantitative estimate of drug-likeness (QED) is 0.781. The van der Waals surface area contributed by atoms with Crippen molar-refractivity contribution < 1.29 is 19.5 Å². The Morgan fingerprint density at radius 2 is 1.95 bits per heavy atom. The zero-order chi connectivity index (χ0) is 13.5. The smallest absolute Gasteiger partial charge is 0.126 e. The van der Waals surface area contributed by atoms with E-state index in [1.54, 1.807) is 0 Å². The number of ether oxygens (including phenoxy) is 2. The molecule has 0 amide bonds. The van der Waals surface area contributed by atoms with Crippen molar-refractivity contribution >= 4 is 11.6 Å². The molecule has 0 aliphatic carbocycles. The summed E-state index contributed by atoms with van der Waals surface area (Å²) in [7, 11) is 0. The molecule has 106 valence electrons. The van der Waals surface area contributed by atoms with Crippen LogP contribution < -0.4 is 4.90 Å². The molecule has 1 heterocycles. The fraction of sp³-hybridized carbons (Fsp3) is 0.571. The van der Waals surface area contributed by atoms with E-state index in [0.717, 1.165) is 43.4 Å². The fourth-order valence-electron chi connectivity index (χ4n) is 2.15. The van der Waals surface area contributed by atoms with E-state index in [1.165, 1.54) is 4.90 Å². The fourth-order valence-corrected chi connectivity index (χ4v) is 2.28. The number of nitrogens with one attached hydrogen (secondary N) is 1. The Hall–Kier alpha value is -0.650. The average molecular weight is 287 g/mol. The van der Waals surface area contributed by atoms with Crippen LogP contribution in [0.4, 0.5) is 0 Å². The highest BCUT2D eigenvalue weighted by molar-refractivity contribution is 6.30. The van der Waals surface area contributed by atoms with Gasteiger partial charge in [-0.05, 0) is 17.7 Å². The monoisotopic (exact) mass is 286 g/mol. The molecular formula is C14H21ClNO3+. The Morgan fingerprint density at radius 3 is 2.63 bits per heavy atom. The van der Waals surface area contributed by atoms with Gasteiger partial charge in [0, 0.05) is 5.02 Å². The number of hydrogen-bond acceptors (Lipinski definition) is 3. The van der Waals surface area contributed by atoms with Gasteiger partial charge >= 0.3 is 0 Å². The highest BCUT2D eigenvalue weighted by Gasteiger charge is 2.18. The first-order valence-corrected chi connectivity index (χ1v) is 7.03. The molecule has 1 aliphatic heterocycles. The zero-order valence-electron chi connectivity index (χ0n) is 11.0. The molecule has 1 atom stereocenters. The Labute approximate surface area is 118 Å². The summed E-state index contributed by atoms with van der Waals surface area (Å²) in [6.45, 7) is 5.10. The Balaban J connectivity index is 1.63. The van der Waals surface area contributed by atoms with Gasteiger partial charge in [0.25, 0.3) is 0 Å². The molecule has 0 bridgehead atoms. The minimum atomic E-state index is -0.416. The molecule has 1 aliphatic rings. The molecule has 1 aromatic rings. The van der Waals surface area contributed by atoms with E-state index >= 15 is 0 Å². The lowest BCUT2D eigenvalue weighted by molar-refractivity contribution is -0.911. The normalized spacial score (nSPS) is 18.4. The van der Waals surface area contributed by atoms with Gasteiger partial charge in [-0.3, -0.25) is 0 Å². The van der Waals surface area contributed by atoms with Crippen molar-refractivity contribution in [3.63, 3.8) is 0 Å². The Kier molecular flexibility index (Phi) is 6.07. The van der Waals surface area contributed by atoms with E-state index in [9.17, 15) is 5.11 Å². The van der Waals surface area contributed by atoms with E-state index in [-0.39, 0.29) is 0 Å². The molecular weight excluding hydrogens is 266 g/mol. The van der Waals surface area contributed by atoms with E-state index in [4.69, 9.17) is 21.1 Å². The molecule has 19 heavy (non-hydrogen) atoms. The van der Waals surface area contributed by atoms with Crippen LogP contribution in [0.2, 0.25) is 5.02 Å². The summed E-state index contributed by atoms with van der Waals surface area (Å²) >= 11 is 5.81. The molecule has 0 spiro atoms. The molecule has 0 radical (unpaired) electrons. The van der Waals surface area contributed by atoms with Crippen molar-refractivity contribution in [1.29, 1.82) is 0 Å². The lowest BCUT2D eigenvalue weighted by Crippen LogP contribution is -3.15. The zero-order valence-corrected chi connectivity index (χ0v) is 11.7. The molecule has 1 saturated heterocycles. The molecule has 1 aromatic carbocycles. The third-order valence-corrected chi connectivity index (χ3v) is 3.47. The number of aliphatic hydroxyl groups is 1. The van der Waals surface area contributed by atoms with E-state index in [2.05, 4.69) is 0 Å². The van der Waals surface area contributed by atoms with Gasteiger partial charge in [0.15, 0.2) is 0 Å². The second kappa shape index (κ2) is 7.82. The van der Waals surface area contributed by atoms with Gasteiger partial charge in [0.2, 0.25) is 0 Å². The summed E-state index contributed by atoms with van der Waals surface area (Å²) in [5.41, 5.74) is 1.07. The summed E-state index contributed by atoms with van der Waals surface area (Å²) in [5, 5.41) is 10.6. The van der Waals surface area contributed by atoms with E-state index in [0.29, 0.717) is 13.2 Å². The van der Waals surface area contributed by atoms with Crippen molar-refractivity contribution in [3.8, 4) is 0 Å². The van der Waals surface area contributed by atoms with E-state index in [1.807, 2.05) is 24.3 Å². The minimum Gasteiger partial charge on any atom is -0.385 e. The van der Waals surface area contributed by atoms with Crippen molar-refractivity contribution in [3.05, 3.63) is 34.9 Å². The van der Waals surface area contributed by atoms with Crippen LogP contribution in [0.25, 0.3) is 0 Å². The van der Waals surface area contributed by atoms with Gasteiger partial charge in [0.05, 0.1) is 26.4 Å². The number of halogens is 1. The van der Waals surface area contributed by atoms with Gasteiger partial charge in [-0.1, -0.05) is 23.7 Å².